The van der Waals surface area contributed by atoms with Crippen LogP contribution in [0.4, 0.5) is 4.39 Å². The average Bonchev–Trinajstić information content (AvgIpc) is 3.19. The number of hydrogen-bond donors (Lipinski definition) is 1. The fourth-order valence-corrected chi connectivity index (χ4v) is 3.99. The predicted octanol–water partition coefficient (Wildman–Crippen LogP) is 4.42. The number of carbonyl (C=O) groups excluding carboxylic acids is 1. The Morgan fingerprint density at radius 1 is 1.30 bits per heavy atom. The maximum Gasteiger partial charge on any atom is 0.283 e. The van der Waals surface area contributed by atoms with Crippen LogP contribution in [-0.4, -0.2) is 34.6 Å². The highest BCUT2D eigenvalue weighted by Gasteiger charge is 2.32. The quantitative estimate of drug-likeness (QED) is 0.629. The van der Waals surface area contributed by atoms with E-state index in [-0.39, 0.29) is 23.8 Å². The van der Waals surface area contributed by atoms with Crippen LogP contribution in [0.3, 0.4) is 0 Å². The van der Waals surface area contributed by atoms with Gasteiger partial charge < -0.3 is 9.47 Å². The van der Waals surface area contributed by atoms with E-state index < -0.39 is 5.91 Å². The van der Waals surface area contributed by atoms with Crippen molar-refractivity contribution in [3.8, 4) is 11.5 Å². The molecular formula is C20H14BrFN4O3S. The van der Waals surface area contributed by atoms with Crippen molar-refractivity contribution in [3.63, 3.8) is 0 Å². The third-order valence-electron chi connectivity index (χ3n) is 4.26. The molecule has 4 rings (SSSR count). The van der Waals surface area contributed by atoms with Gasteiger partial charge in [-0.15, -0.1) is 0 Å². The van der Waals surface area contributed by atoms with Crippen LogP contribution >= 0.6 is 27.7 Å². The number of hydrogen-bond acceptors (Lipinski definition) is 6. The Balaban J connectivity index is 1.61. The van der Waals surface area contributed by atoms with Gasteiger partial charge in [0.25, 0.3) is 5.91 Å². The Morgan fingerprint density at radius 2 is 2.07 bits per heavy atom. The third kappa shape index (κ3) is 4.01. The van der Waals surface area contributed by atoms with Crippen LogP contribution < -0.4 is 9.47 Å². The van der Waals surface area contributed by atoms with Gasteiger partial charge in [-0.1, -0.05) is 12.1 Å². The molecule has 0 aromatic heterocycles. The lowest BCUT2D eigenvalue weighted by Gasteiger charge is -2.20. The molecule has 2 aliphatic heterocycles. The first-order valence-corrected chi connectivity index (χ1v) is 10.3. The van der Waals surface area contributed by atoms with Crippen LogP contribution in [0.25, 0.3) is 6.08 Å². The Hall–Kier alpha value is -2.98. The number of hydrazone groups is 1. The summed E-state index contributed by atoms with van der Waals surface area (Å²) in [6.45, 7) is 0.223. The zero-order chi connectivity index (χ0) is 21.3. The lowest BCUT2D eigenvalue weighted by atomic mass is 10.1. The number of nitrogens with zero attached hydrogens (tertiary/aromatic N) is 3. The molecule has 10 heteroatoms. The second kappa shape index (κ2) is 8.41. The largest absolute Gasteiger partial charge is 0.493 e. The van der Waals surface area contributed by atoms with Crippen LogP contribution in [0, 0.1) is 11.2 Å². The number of amidine groups is 2. The smallest absolute Gasteiger partial charge is 0.283 e. The molecule has 0 unspecified atom stereocenters. The highest BCUT2D eigenvalue weighted by molar-refractivity contribution is 9.10. The number of amides is 1. The van der Waals surface area contributed by atoms with Crippen LogP contribution in [0.5, 0.6) is 11.5 Å². The Bertz CT molecular complexity index is 1130. The summed E-state index contributed by atoms with van der Waals surface area (Å²) in [5.41, 5.74) is 3.06. The standard InChI is InChI=1S/C20H14BrFN4O3S/c1-28-16-8-12(6-14-18(23)26-20(25-19(14)27)30-10-24-26)7-15(21)17(16)29-9-11-2-4-13(22)5-3-11/h2-8,10,23H,9H2,1H3/b14-6-,23-18?. The topological polar surface area (TPSA) is 87.3 Å². The molecule has 0 saturated carbocycles. The number of fused-ring (bicyclic) bond motifs is 1. The number of nitrogens with one attached hydrogen (secondary N) is 1. The van der Waals surface area contributed by atoms with E-state index in [9.17, 15) is 9.18 Å². The highest BCUT2D eigenvalue weighted by Crippen LogP contribution is 2.38. The van der Waals surface area contributed by atoms with Gasteiger partial charge in [-0.25, -0.2) is 4.39 Å². The van der Waals surface area contributed by atoms with Crippen molar-refractivity contribution < 1.29 is 18.7 Å². The maximum atomic E-state index is 13.1. The molecule has 152 valence electrons. The zero-order valence-corrected chi connectivity index (χ0v) is 18.0. The summed E-state index contributed by atoms with van der Waals surface area (Å²) in [5, 5.41) is 14.0. The molecule has 0 fully saturated rings. The molecule has 0 saturated heterocycles. The minimum absolute atomic E-state index is 0.0435. The normalized spacial score (nSPS) is 16.7. The Morgan fingerprint density at radius 3 is 2.80 bits per heavy atom. The number of thioether (sulfide) groups is 1. The number of ether oxygens (including phenoxy) is 2. The van der Waals surface area contributed by atoms with Crippen LogP contribution in [0.2, 0.25) is 0 Å². The van der Waals surface area contributed by atoms with Gasteiger partial charge in [-0.3, -0.25) is 10.2 Å². The average molecular weight is 489 g/mol. The number of rotatable bonds is 5. The summed E-state index contributed by atoms with van der Waals surface area (Å²) in [4.78, 5) is 16.3. The van der Waals surface area contributed by atoms with Crippen molar-refractivity contribution in [2.45, 2.75) is 6.61 Å². The summed E-state index contributed by atoms with van der Waals surface area (Å²) in [5.74, 6) is 0.0447. The second-order valence-electron chi connectivity index (χ2n) is 6.21. The van der Waals surface area contributed by atoms with E-state index in [0.717, 1.165) is 5.56 Å². The van der Waals surface area contributed by atoms with E-state index >= 15 is 0 Å². The van der Waals surface area contributed by atoms with E-state index in [0.29, 0.717) is 26.7 Å². The number of methoxy groups -OCH3 is 1. The summed E-state index contributed by atoms with van der Waals surface area (Å²) in [6, 6.07) is 9.46. The molecule has 2 aromatic carbocycles. The summed E-state index contributed by atoms with van der Waals surface area (Å²) in [7, 11) is 1.50. The highest BCUT2D eigenvalue weighted by atomic mass is 79.9. The monoisotopic (exact) mass is 488 g/mol. The van der Waals surface area contributed by atoms with Gasteiger partial charge in [0.15, 0.2) is 22.5 Å². The van der Waals surface area contributed by atoms with Crippen LogP contribution in [0.15, 0.2) is 56.5 Å². The molecule has 0 atom stereocenters. The van der Waals surface area contributed by atoms with Gasteiger partial charge >= 0.3 is 0 Å². The molecule has 0 spiro atoms. The fraction of sp³-hybridized carbons (Fsp3) is 0.100. The molecule has 0 aliphatic carbocycles. The minimum atomic E-state index is -0.504. The molecule has 1 amide bonds. The van der Waals surface area contributed by atoms with Crippen LogP contribution in [0.1, 0.15) is 11.1 Å². The fourth-order valence-electron chi connectivity index (χ4n) is 2.80. The summed E-state index contributed by atoms with van der Waals surface area (Å²) >= 11 is 4.65. The molecule has 0 bridgehead atoms. The van der Waals surface area contributed by atoms with Crippen molar-refractivity contribution in [2.75, 3.05) is 7.11 Å². The molecule has 1 N–H and O–H groups in total. The SMILES string of the molecule is COc1cc(/C=C2/C(=N)N3N=CSC3=NC2=O)cc(Br)c1OCc1ccc(F)cc1. The number of aliphatic imine (C=N–C) groups is 1. The third-order valence-corrected chi connectivity index (χ3v) is 5.52. The van der Waals surface area contributed by atoms with E-state index in [1.54, 1.807) is 30.3 Å². The maximum absolute atomic E-state index is 13.1. The Labute approximate surface area is 183 Å². The molecule has 2 aliphatic rings. The van der Waals surface area contributed by atoms with Crippen molar-refractivity contribution in [1.29, 1.82) is 5.41 Å². The van der Waals surface area contributed by atoms with Gasteiger partial charge in [-0.2, -0.15) is 15.1 Å². The first-order valence-electron chi connectivity index (χ1n) is 8.64. The van der Waals surface area contributed by atoms with Crippen LogP contribution in [-0.2, 0) is 11.4 Å². The van der Waals surface area contributed by atoms with E-state index in [1.807, 2.05) is 0 Å². The summed E-state index contributed by atoms with van der Waals surface area (Å²) in [6.07, 6.45) is 1.56. The Kier molecular flexibility index (Phi) is 5.69. The van der Waals surface area contributed by atoms with E-state index in [4.69, 9.17) is 14.9 Å². The zero-order valence-electron chi connectivity index (χ0n) is 15.6. The first-order chi connectivity index (χ1) is 14.5. The van der Waals surface area contributed by atoms with Gasteiger partial charge in [0, 0.05) is 0 Å². The van der Waals surface area contributed by atoms with Crippen molar-refractivity contribution in [3.05, 3.63) is 63.4 Å². The van der Waals surface area contributed by atoms with E-state index in [2.05, 4.69) is 26.0 Å². The predicted molar refractivity (Wildman–Crippen MR) is 117 cm³/mol. The number of halogens is 2. The van der Waals surface area contributed by atoms with Gasteiger partial charge in [0.05, 0.1) is 22.7 Å². The van der Waals surface area contributed by atoms with Crippen molar-refractivity contribution >= 4 is 56.2 Å². The molecule has 30 heavy (non-hydrogen) atoms. The summed E-state index contributed by atoms with van der Waals surface area (Å²) < 4.78 is 25.0. The molecule has 0 radical (unpaired) electrons. The minimum Gasteiger partial charge on any atom is -0.493 e. The van der Waals surface area contributed by atoms with Gasteiger partial charge in [-0.05, 0) is 69.2 Å². The van der Waals surface area contributed by atoms with Crippen molar-refractivity contribution in [1.82, 2.24) is 5.01 Å². The van der Waals surface area contributed by atoms with Gasteiger partial charge in [0.1, 0.15) is 12.4 Å². The molecule has 7 nitrogen and oxygen atoms in total. The molecule has 2 aromatic rings. The lowest BCUT2D eigenvalue weighted by Crippen LogP contribution is -2.35. The van der Waals surface area contributed by atoms with Gasteiger partial charge in [0.2, 0.25) is 0 Å². The molecular weight excluding hydrogens is 475 g/mol. The molecule has 2 heterocycles. The lowest BCUT2D eigenvalue weighted by molar-refractivity contribution is -0.114. The number of carbonyl (C=O) groups is 1. The van der Waals surface area contributed by atoms with E-state index in [1.165, 1.54) is 41.6 Å². The second-order valence-corrected chi connectivity index (χ2v) is 7.87. The number of benzene rings is 2. The van der Waals surface area contributed by atoms with Crippen molar-refractivity contribution in [2.24, 2.45) is 10.1 Å². The first kappa shape index (κ1) is 20.3.